The van der Waals surface area contributed by atoms with Crippen LogP contribution in [0.4, 0.5) is 0 Å². The molecule has 4 heteroatoms. The van der Waals surface area contributed by atoms with Gasteiger partial charge < -0.3 is 9.13 Å². The van der Waals surface area contributed by atoms with Crippen molar-refractivity contribution in [1.29, 1.82) is 0 Å². The summed E-state index contributed by atoms with van der Waals surface area (Å²) < 4.78 is 8.89. The maximum atomic E-state index is 2.54. The second kappa shape index (κ2) is 9.18. The fourth-order valence-electron chi connectivity index (χ4n) is 7.41. The molecule has 0 saturated heterocycles. The van der Waals surface area contributed by atoms with E-state index >= 15 is 0 Å². The fourth-order valence-corrected chi connectivity index (χ4v) is 8.98. The second-order valence-corrected chi connectivity index (χ2v) is 13.7. The van der Waals surface area contributed by atoms with Crippen LogP contribution in [-0.4, -0.2) is 9.13 Å². The van der Waals surface area contributed by atoms with Gasteiger partial charge in [-0.1, -0.05) is 91.0 Å². The third kappa shape index (κ3) is 3.24. The van der Waals surface area contributed by atoms with Gasteiger partial charge in [0, 0.05) is 57.0 Å². The van der Waals surface area contributed by atoms with Gasteiger partial charge in [-0.3, -0.25) is 0 Å². The van der Waals surface area contributed by atoms with Crippen molar-refractivity contribution in [3.63, 3.8) is 0 Å². The lowest BCUT2D eigenvalue weighted by atomic mass is 9.99. The topological polar surface area (TPSA) is 9.86 Å². The van der Waals surface area contributed by atoms with Crippen LogP contribution in [-0.2, 0) is 0 Å². The van der Waals surface area contributed by atoms with Crippen LogP contribution in [0.2, 0.25) is 0 Å². The minimum absolute atomic E-state index is 1.18. The Kier molecular flexibility index (Phi) is 5.16. The Morgan fingerprint density at radius 1 is 0.432 bits per heavy atom. The van der Waals surface area contributed by atoms with Crippen molar-refractivity contribution < 1.29 is 0 Å². The second-order valence-electron chi connectivity index (χ2n) is 11.4. The molecule has 0 amide bonds. The molecule has 0 bridgehead atoms. The Hall–Kier alpha value is -4.65. The van der Waals surface area contributed by atoms with Gasteiger partial charge in [0.25, 0.3) is 0 Å². The summed E-state index contributed by atoms with van der Waals surface area (Å²) in [6.07, 6.45) is 0. The van der Waals surface area contributed by atoms with Gasteiger partial charge in [-0.2, -0.15) is 0 Å². The summed E-state index contributed by atoms with van der Waals surface area (Å²) in [7, 11) is 0. The van der Waals surface area contributed by atoms with Crippen LogP contribution in [0.5, 0.6) is 0 Å². The van der Waals surface area contributed by atoms with E-state index in [4.69, 9.17) is 0 Å². The number of thiophene rings is 1. The van der Waals surface area contributed by atoms with E-state index in [2.05, 4.69) is 171 Å². The van der Waals surface area contributed by atoms with Crippen LogP contribution >= 0.6 is 33.9 Å². The predicted molar refractivity (Wildman–Crippen MR) is 198 cm³/mol. The van der Waals surface area contributed by atoms with Crippen molar-refractivity contribution in [3.05, 3.63) is 143 Å². The molecule has 0 N–H and O–H groups in total. The van der Waals surface area contributed by atoms with Crippen molar-refractivity contribution in [3.8, 4) is 11.4 Å². The molecule has 0 radical (unpaired) electrons. The maximum Gasteiger partial charge on any atom is 0.0641 e. The Morgan fingerprint density at radius 2 is 0.955 bits per heavy atom. The molecule has 3 aromatic heterocycles. The Morgan fingerprint density at radius 3 is 1.64 bits per heavy atom. The summed E-state index contributed by atoms with van der Waals surface area (Å²) in [6.45, 7) is 0. The quantitative estimate of drug-likeness (QED) is 0.160. The zero-order chi connectivity index (χ0) is 28.9. The first-order valence-corrected chi connectivity index (χ1v) is 16.7. The van der Waals surface area contributed by atoms with Gasteiger partial charge in [0.15, 0.2) is 0 Å². The van der Waals surface area contributed by atoms with Crippen molar-refractivity contribution in [2.75, 3.05) is 0 Å². The molecule has 3 heterocycles. The summed E-state index contributed by atoms with van der Waals surface area (Å²) >= 11 is 4.28. The van der Waals surface area contributed by atoms with E-state index in [-0.39, 0.29) is 0 Å². The molecule has 0 aliphatic carbocycles. The van der Waals surface area contributed by atoms with E-state index in [1.54, 1.807) is 0 Å². The molecule has 0 aliphatic heterocycles. The highest BCUT2D eigenvalue weighted by molar-refractivity contribution is 14.1. The fraction of sp³-hybridized carbons (Fsp3) is 0. The van der Waals surface area contributed by atoms with Crippen LogP contribution in [0.15, 0.2) is 140 Å². The first kappa shape index (κ1) is 24.8. The third-order valence-corrected chi connectivity index (χ3v) is 11.1. The number of fused-ring (bicyclic) bond motifs is 13. The van der Waals surface area contributed by atoms with E-state index in [0.29, 0.717) is 0 Å². The summed E-state index contributed by atoms with van der Waals surface area (Å²) in [6, 6.07) is 51.4. The van der Waals surface area contributed by atoms with Gasteiger partial charge in [0.05, 0.1) is 32.5 Å². The number of rotatable bonds is 2. The summed E-state index contributed by atoms with van der Waals surface area (Å²) in [5.74, 6) is 0. The highest BCUT2D eigenvalue weighted by atomic mass is 127. The van der Waals surface area contributed by atoms with E-state index in [1.165, 1.54) is 89.5 Å². The lowest BCUT2D eigenvalue weighted by molar-refractivity contribution is 1.18. The number of halogens is 1. The molecule has 206 valence electrons. The average Bonchev–Trinajstić information content (AvgIpc) is 3.74. The number of nitrogens with zero attached hydrogens (tertiary/aromatic N) is 2. The van der Waals surface area contributed by atoms with Gasteiger partial charge in [-0.05, 0) is 71.1 Å². The molecule has 2 nitrogen and oxygen atoms in total. The van der Waals surface area contributed by atoms with Crippen LogP contribution < -0.4 is 0 Å². The normalized spacial score (nSPS) is 12.2. The molecule has 0 atom stereocenters. The monoisotopic (exact) mass is 690 g/mol. The standard InChI is InChI=1S/C40H23IN2S/c41-24-20-22-25(23-21-24)42-32-16-6-3-13-30(32)36-37-31-14-4-7-17-33(31)43(39(37)28-12-2-1-11-27(28)38(36)42)34-18-9-15-29-26-10-5-8-19-35(26)44-40(29)34/h1-23H. The minimum atomic E-state index is 1.18. The molecular formula is C40H23IN2S. The van der Waals surface area contributed by atoms with E-state index in [9.17, 15) is 0 Å². The summed E-state index contributed by atoms with van der Waals surface area (Å²) in [4.78, 5) is 0. The number of hydrogen-bond acceptors (Lipinski definition) is 1. The largest absolute Gasteiger partial charge is 0.309 e. The van der Waals surface area contributed by atoms with E-state index in [1.807, 2.05) is 11.3 Å². The van der Waals surface area contributed by atoms with Crippen LogP contribution in [0.1, 0.15) is 0 Å². The van der Waals surface area contributed by atoms with Crippen LogP contribution in [0.3, 0.4) is 0 Å². The molecule has 0 saturated carbocycles. The first-order chi connectivity index (χ1) is 21.8. The van der Waals surface area contributed by atoms with Gasteiger partial charge in [0.1, 0.15) is 0 Å². The lowest BCUT2D eigenvalue weighted by Crippen LogP contribution is -1.97. The number of para-hydroxylation sites is 2. The SMILES string of the molecule is Ic1ccc(-n2c3ccccc3c3c4c5ccccc5n(-c5cccc6c5sc5ccccc56)c4c4ccccc4c32)cc1. The molecule has 0 fully saturated rings. The van der Waals surface area contributed by atoms with Gasteiger partial charge in [0.2, 0.25) is 0 Å². The summed E-state index contributed by atoms with van der Waals surface area (Å²) in [5, 5.41) is 10.3. The average molecular weight is 691 g/mol. The minimum Gasteiger partial charge on any atom is -0.309 e. The number of aromatic nitrogens is 2. The highest BCUT2D eigenvalue weighted by Gasteiger charge is 2.25. The molecular weight excluding hydrogens is 667 g/mol. The molecule has 7 aromatic carbocycles. The molecule has 10 rings (SSSR count). The van der Waals surface area contributed by atoms with Crippen molar-refractivity contribution in [2.45, 2.75) is 0 Å². The zero-order valence-electron chi connectivity index (χ0n) is 23.5. The Bertz CT molecular complexity index is 2780. The maximum absolute atomic E-state index is 2.54. The van der Waals surface area contributed by atoms with Gasteiger partial charge >= 0.3 is 0 Å². The van der Waals surface area contributed by atoms with Gasteiger partial charge in [-0.25, -0.2) is 0 Å². The first-order valence-electron chi connectivity index (χ1n) is 14.8. The molecule has 10 aromatic rings. The summed E-state index contributed by atoms with van der Waals surface area (Å²) in [5.41, 5.74) is 7.41. The van der Waals surface area contributed by atoms with Crippen LogP contribution in [0.25, 0.3) is 85.9 Å². The third-order valence-electron chi connectivity index (χ3n) is 9.15. The lowest BCUT2D eigenvalue weighted by Gasteiger charge is -2.14. The molecule has 44 heavy (non-hydrogen) atoms. The van der Waals surface area contributed by atoms with Crippen molar-refractivity contribution in [1.82, 2.24) is 9.13 Å². The van der Waals surface area contributed by atoms with Crippen molar-refractivity contribution >= 4 is 108 Å². The zero-order valence-corrected chi connectivity index (χ0v) is 26.4. The molecule has 0 unspecified atom stereocenters. The Labute approximate surface area is 270 Å². The van der Waals surface area contributed by atoms with E-state index < -0.39 is 0 Å². The number of hydrogen-bond donors (Lipinski definition) is 0. The highest BCUT2D eigenvalue weighted by Crippen LogP contribution is 2.48. The number of benzene rings is 7. The van der Waals surface area contributed by atoms with Crippen molar-refractivity contribution in [2.24, 2.45) is 0 Å². The van der Waals surface area contributed by atoms with Crippen LogP contribution in [0, 0.1) is 3.57 Å². The van der Waals surface area contributed by atoms with Gasteiger partial charge in [-0.15, -0.1) is 11.3 Å². The predicted octanol–water partition coefficient (Wildman–Crippen LogP) is 12.0. The van der Waals surface area contributed by atoms with E-state index in [0.717, 1.165) is 0 Å². The molecule has 0 aliphatic rings. The smallest absolute Gasteiger partial charge is 0.0641 e. The molecule has 0 spiro atoms. The Balaban J connectivity index is 1.49.